The summed E-state index contributed by atoms with van der Waals surface area (Å²) in [4.78, 5) is 15.0. The molecule has 0 radical (unpaired) electrons. The smallest absolute Gasteiger partial charge is 0.257 e. The lowest BCUT2D eigenvalue weighted by Gasteiger charge is -2.38. The minimum atomic E-state index is -0.232. The van der Waals surface area contributed by atoms with Gasteiger partial charge in [0.15, 0.2) is 0 Å². The van der Waals surface area contributed by atoms with Gasteiger partial charge in [0.05, 0.1) is 11.7 Å². The fourth-order valence-corrected chi connectivity index (χ4v) is 3.24. The number of carbonyl (C=O) groups excluding carboxylic acids is 1. The fraction of sp³-hybridized carbons (Fsp3) is 0.409. The molecule has 5 nitrogen and oxygen atoms in total. The number of nitrogens with zero attached hydrogens (tertiary/aromatic N) is 1. The molecule has 2 atom stereocenters. The van der Waals surface area contributed by atoms with Crippen molar-refractivity contribution in [2.45, 2.75) is 39.0 Å². The number of para-hydroxylation sites is 1. The molecule has 1 heterocycles. The molecule has 0 aliphatic carbocycles. The Morgan fingerprint density at radius 3 is 2.78 bits per heavy atom. The van der Waals surface area contributed by atoms with Crippen LogP contribution >= 0.6 is 0 Å². The van der Waals surface area contributed by atoms with Crippen LogP contribution in [0.15, 0.2) is 48.5 Å². The van der Waals surface area contributed by atoms with Crippen molar-refractivity contribution in [2.75, 3.05) is 25.6 Å². The fourth-order valence-electron chi connectivity index (χ4n) is 3.24. The standard InChI is InChI=1S/C22H28N2O3/c1-4-16(2)27-18-10-7-9-17(15-18)21-23-20-12-6-5-11-19(20)22(25)24(21)13-8-14-26-3/h5-7,9-12,15-16,21,23H,4,8,13-14H2,1-3H3. The quantitative estimate of drug-likeness (QED) is 0.699. The van der Waals surface area contributed by atoms with Crippen LogP contribution in [-0.2, 0) is 4.74 Å². The van der Waals surface area contributed by atoms with Crippen molar-refractivity contribution in [3.05, 3.63) is 59.7 Å². The predicted molar refractivity (Wildman–Crippen MR) is 107 cm³/mol. The molecule has 1 N–H and O–H groups in total. The minimum absolute atomic E-state index is 0.0405. The molecule has 0 fully saturated rings. The number of hydrogen-bond acceptors (Lipinski definition) is 4. The van der Waals surface area contributed by atoms with Crippen LogP contribution in [0, 0.1) is 0 Å². The van der Waals surface area contributed by atoms with Gasteiger partial charge in [-0.05, 0) is 49.6 Å². The first-order valence-electron chi connectivity index (χ1n) is 9.56. The van der Waals surface area contributed by atoms with Crippen LogP contribution in [-0.4, -0.2) is 37.2 Å². The number of fused-ring (bicyclic) bond motifs is 1. The molecule has 2 unspecified atom stereocenters. The molecule has 3 rings (SSSR count). The number of hydrogen-bond donors (Lipinski definition) is 1. The molecule has 0 aromatic heterocycles. The van der Waals surface area contributed by atoms with Gasteiger partial charge in [-0.1, -0.05) is 31.2 Å². The molecule has 0 bridgehead atoms. The Balaban J connectivity index is 1.91. The highest BCUT2D eigenvalue weighted by Gasteiger charge is 2.32. The third kappa shape index (κ3) is 4.42. The molecule has 0 saturated carbocycles. The topological polar surface area (TPSA) is 50.8 Å². The van der Waals surface area contributed by atoms with E-state index >= 15 is 0 Å². The summed E-state index contributed by atoms with van der Waals surface area (Å²) in [6, 6.07) is 15.7. The van der Waals surface area contributed by atoms with Crippen LogP contribution in [0.1, 0.15) is 48.8 Å². The zero-order valence-electron chi connectivity index (χ0n) is 16.3. The van der Waals surface area contributed by atoms with E-state index in [1.807, 2.05) is 53.4 Å². The van der Waals surface area contributed by atoms with Gasteiger partial charge in [0, 0.05) is 25.9 Å². The third-order valence-corrected chi connectivity index (χ3v) is 4.86. The molecular weight excluding hydrogens is 340 g/mol. The van der Waals surface area contributed by atoms with Gasteiger partial charge < -0.3 is 19.7 Å². The first-order chi connectivity index (χ1) is 13.1. The summed E-state index contributed by atoms with van der Waals surface area (Å²) in [6.45, 7) is 5.40. The Bertz CT molecular complexity index is 778. The highest BCUT2D eigenvalue weighted by Crippen LogP contribution is 2.34. The Morgan fingerprint density at radius 1 is 1.19 bits per heavy atom. The lowest BCUT2D eigenvalue weighted by atomic mass is 10.0. The summed E-state index contributed by atoms with van der Waals surface area (Å²) in [5.74, 6) is 0.866. The monoisotopic (exact) mass is 368 g/mol. The molecule has 1 aliphatic heterocycles. The van der Waals surface area contributed by atoms with Gasteiger partial charge in [0.2, 0.25) is 0 Å². The summed E-state index contributed by atoms with van der Waals surface area (Å²) < 4.78 is 11.1. The number of carbonyl (C=O) groups is 1. The SMILES string of the molecule is CCC(C)Oc1cccc(C2Nc3ccccc3C(=O)N2CCCOC)c1. The van der Waals surface area contributed by atoms with Crippen LogP contribution in [0.2, 0.25) is 0 Å². The number of ether oxygens (including phenoxy) is 2. The third-order valence-electron chi connectivity index (χ3n) is 4.86. The lowest BCUT2D eigenvalue weighted by molar-refractivity contribution is 0.0659. The number of methoxy groups -OCH3 is 1. The Hall–Kier alpha value is -2.53. The Kier molecular flexibility index (Phi) is 6.35. The van der Waals surface area contributed by atoms with Crippen LogP contribution in [0.5, 0.6) is 5.75 Å². The molecule has 5 heteroatoms. The van der Waals surface area contributed by atoms with Crippen LogP contribution in [0.25, 0.3) is 0 Å². The van der Waals surface area contributed by atoms with Crippen molar-refractivity contribution in [1.29, 1.82) is 0 Å². The molecular formula is C22H28N2O3. The molecule has 2 aromatic rings. The van der Waals surface area contributed by atoms with Gasteiger partial charge in [-0.25, -0.2) is 0 Å². The highest BCUT2D eigenvalue weighted by molar-refractivity contribution is 6.01. The van der Waals surface area contributed by atoms with E-state index in [4.69, 9.17) is 9.47 Å². The number of amides is 1. The molecule has 0 spiro atoms. The van der Waals surface area contributed by atoms with Gasteiger partial charge in [-0.15, -0.1) is 0 Å². The molecule has 27 heavy (non-hydrogen) atoms. The molecule has 0 saturated heterocycles. The van der Waals surface area contributed by atoms with Gasteiger partial charge >= 0.3 is 0 Å². The van der Waals surface area contributed by atoms with E-state index in [2.05, 4.69) is 19.2 Å². The van der Waals surface area contributed by atoms with E-state index in [1.54, 1.807) is 7.11 Å². The van der Waals surface area contributed by atoms with E-state index in [0.29, 0.717) is 18.7 Å². The largest absolute Gasteiger partial charge is 0.491 e. The van der Waals surface area contributed by atoms with E-state index in [9.17, 15) is 4.79 Å². The second-order valence-electron chi connectivity index (χ2n) is 6.85. The van der Waals surface area contributed by atoms with Crippen molar-refractivity contribution < 1.29 is 14.3 Å². The van der Waals surface area contributed by atoms with Crippen molar-refractivity contribution in [2.24, 2.45) is 0 Å². The highest BCUT2D eigenvalue weighted by atomic mass is 16.5. The zero-order chi connectivity index (χ0) is 19.2. The summed E-state index contributed by atoms with van der Waals surface area (Å²) in [5.41, 5.74) is 2.58. The van der Waals surface area contributed by atoms with Gasteiger partial charge in [-0.3, -0.25) is 4.79 Å². The van der Waals surface area contributed by atoms with Crippen molar-refractivity contribution >= 4 is 11.6 Å². The average molecular weight is 368 g/mol. The summed E-state index contributed by atoms with van der Waals surface area (Å²) in [6.07, 6.45) is 1.65. The van der Waals surface area contributed by atoms with Crippen molar-refractivity contribution in [3.63, 3.8) is 0 Å². The van der Waals surface area contributed by atoms with Crippen molar-refractivity contribution in [3.8, 4) is 5.75 Å². The minimum Gasteiger partial charge on any atom is -0.491 e. The van der Waals surface area contributed by atoms with E-state index in [-0.39, 0.29) is 18.2 Å². The van der Waals surface area contributed by atoms with Crippen LogP contribution in [0.3, 0.4) is 0 Å². The number of benzene rings is 2. The Morgan fingerprint density at radius 2 is 2.00 bits per heavy atom. The summed E-state index contributed by atoms with van der Waals surface area (Å²) in [7, 11) is 1.68. The number of anilines is 1. The van der Waals surface area contributed by atoms with Crippen molar-refractivity contribution in [1.82, 2.24) is 4.90 Å². The number of nitrogens with one attached hydrogen (secondary N) is 1. The summed E-state index contributed by atoms with van der Waals surface area (Å²) >= 11 is 0. The van der Waals surface area contributed by atoms with E-state index < -0.39 is 0 Å². The second kappa shape index (κ2) is 8.91. The maximum Gasteiger partial charge on any atom is 0.257 e. The average Bonchev–Trinajstić information content (AvgIpc) is 2.69. The van der Waals surface area contributed by atoms with Gasteiger partial charge in [-0.2, -0.15) is 0 Å². The van der Waals surface area contributed by atoms with Gasteiger partial charge in [0.1, 0.15) is 11.9 Å². The number of rotatable bonds is 8. The maximum atomic E-state index is 13.1. The van der Waals surface area contributed by atoms with Crippen LogP contribution in [0.4, 0.5) is 5.69 Å². The lowest BCUT2D eigenvalue weighted by Crippen LogP contribution is -2.43. The first kappa shape index (κ1) is 19.2. The zero-order valence-corrected chi connectivity index (χ0v) is 16.3. The molecule has 1 amide bonds. The normalized spacial score (nSPS) is 17.2. The molecule has 144 valence electrons. The predicted octanol–water partition coefficient (Wildman–Crippen LogP) is 4.47. The Labute approximate surface area is 161 Å². The second-order valence-corrected chi connectivity index (χ2v) is 6.85. The van der Waals surface area contributed by atoms with Crippen LogP contribution < -0.4 is 10.1 Å². The molecule has 2 aromatic carbocycles. The van der Waals surface area contributed by atoms with E-state index in [1.165, 1.54) is 0 Å². The molecule has 1 aliphatic rings. The first-order valence-corrected chi connectivity index (χ1v) is 9.56. The van der Waals surface area contributed by atoms with Gasteiger partial charge in [0.25, 0.3) is 5.91 Å². The van der Waals surface area contributed by atoms with E-state index in [0.717, 1.165) is 29.8 Å². The maximum absolute atomic E-state index is 13.1. The summed E-state index contributed by atoms with van der Waals surface area (Å²) in [5, 5.41) is 3.52.